The van der Waals surface area contributed by atoms with E-state index in [1.54, 1.807) is 0 Å². The second kappa shape index (κ2) is 6.07. The largest absolute Gasteiger partial charge is 0.388 e. The first-order valence-corrected chi connectivity index (χ1v) is 8.71. The van der Waals surface area contributed by atoms with Crippen LogP contribution in [0.15, 0.2) is 0 Å². The van der Waals surface area contributed by atoms with Gasteiger partial charge in [0, 0.05) is 25.0 Å². The van der Waals surface area contributed by atoms with Crippen LogP contribution in [0.3, 0.4) is 0 Å². The molecule has 0 aromatic rings. The van der Waals surface area contributed by atoms with Crippen molar-refractivity contribution in [2.75, 3.05) is 6.54 Å². The van der Waals surface area contributed by atoms with E-state index in [1.165, 1.54) is 19.3 Å². The standard InChI is InChI=1S/C16H26N2O4/c19-14(18-10-4-5-10)7-11-6-12-16(21-11)15(20)13(22-12)8-17-9-2-1-3-9/h9-13,15-17,20H,1-8H2,(H,18,19)/t11-,12+,13+,15+,16-/m0/s1. The van der Waals surface area contributed by atoms with Gasteiger partial charge in [-0.3, -0.25) is 4.79 Å². The van der Waals surface area contributed by atoms with Gasteiger partial charge in [0.15, 0.2) is 0 Å². The molecule has 6 heteroatoms. The molecule has 124 valence electrons. The summed E-state index contributed by atoms with van der Waals surface area (Å²) < 4.78 is 11.8. The Morgan fingerprint density at radius 2 is 1.95 bits per heavy atom. The van der Waals surface area contributed by atoms with Crippen LogP contribution in [0.2, 0.25) is 0 Å². The average Bonchev–Trinajstić information content (AvgIpc) is 3.07. The van der Waals surface area contributed by atoms with Crippen LogP contribution < -0.4 is 10.6 Å². The SMILES string of the molecule is O=C(C[C@@H]1C[C@H]2O[C@H](CNC3CCC3)[C@@H](O)[C@H]2O1)NC1CC1. The molecule has 4 fully saturated rings. The van der Waals surface area contributed by atoms with Gasteiger partial charge in [0.25, 0.3) is 0 Å². The van der Waals surface area contributed by atoms with E-state index >= 15 is 0 Å². The third-order valence-electron chi connectivity index (χ3n) is 5.35. The number of aliphatic hydroxyl groups excluding tert-OH is 1. The van der Waals surface area contributed by atoms with Gasteiger partial charge >= 0.3 is 0 Å². The highest BCUT2D eigenvalue weighted by atomic mass is 16.6. The van der Waals surface area contributed by atoms with E-state index in [0.717, 1.165) is 12.8 Å². The molecule has 0 aromatic carbocycles. The van der Waals surface area contributed by atoms with Crippen LogP contribution in [-0.4, -0.2) is 60.2 Å². The molecule has 0 radical (unpaired) electrons. The smallest absolute Gasteiger partial charge is 0.222 e. The van der Waals surface area contributed by atoms with Crippen molar-refractivity contribution in [3.05, 3.63) is 0 Å². The lowest BCUT2D eigenvalue weighted by Gasteiger charge is -2.29. The molecule has 2 aliphatic heterocycles. The monoisotopic (exact) mass is 310 g/mol. The molecule has 0 spiro atoms. The van der Waals surface area contributed by atoms with Gasteiger partial charge in [-0.2, -0.15) is 0 Å². The van der Waals surface area contributed by atoms with Crippen molar-refractivity contribution in [3.63, 3.8) is 0 Å². The molecule has 4 aliphatic rings. The van der Waals surface area contributed by atoms with Crippen LogP contribution in [0.4, 0.5) is 0 Å². The van der Waals surface area contributed by atoms with E-state index in [0.29, 0.717) is 31.5 Å². The average molecular weight is 310 g/mol. The zero-order chi connectivity index (χ0) is 15.1. The van der Waals surface area contributed by atoms with Crippen LogP contribution in [0, 0.1) is 0 Å². The number of nitrogens with one attached hydrogen (secondary N) is 2. The Hall–Kier alpha value is -0.690. The highest BCUT2D eigenvalue weighted by Gasteiger charge is 2.50. The fourth-order valence-electron chi connectivity index (χ4n) is 3.63. The number of ether oxygens (including phenoxy) is 2. The Balaban J connectivity index is 1.22. The fourth-order valence-corrected chi connectivity index (χ4v) is 3.63. The Bertz CT molecular complexity index is 424. The number of hydrogen-bond donors (Lipinski definition) is 3. The molecule has 6 nitrogen and oxygen atoms in total. The summed E-state index contributed by atoms with van der Waals surface area (Å²) in [7, 11) is 0. The summed E-state index contributed by atoms with van der Waals surface area (Å²) in [5.41, 5.74) is 0. The lowest BCUT2D eigenvalue weighted by atomic mass is 9.93. The number of fused-ring (bicyclic) bond motifs is 1. The highest BCUT2D eigenvalue weighted by molar-refractivity contribution is 5.77. The summed E-state index contributed by atoms with van der Waals surface area (Å²) in [6, 6.07) is 0.980. The molecule has 4 rings (SSSR count). The van der Waals surface area contributed by atoms with Crippen LogP contribution in [0.25, 0.3) is 0 Å². The van der Waals surface area contributed by atoms with E-state index in [4.69, 9.17) is 9.47 Å². The zero-order valence-corrected chi connectivity index (χ0v) is 12.9. The first kappa shape index (κ1) is 14.9. The van der Waals surface area contributed by atoms with Crippen molar-refractivity contribution < 1.29 is 19.4 Å². The third kappa shape index (κ3) is 3.15. The van der Waals surface area contributed by atoms with Crippen LogP contribution in [0.5, 0.6) is 0 Å². The van der Waals surface area contributed by atoms with Crippen LogP contribution in [0.1, 0.15) is 44.9 Å². The number of aliphatic hydroxyl groups is 1. The number of carbonyl (C=O) groups excluding carboxylic acids is 1. The Kier molecular flexibility index (Phi) is 4.11. The third-order valence-corrected chi connectivity index (χ3v) is 5.35. The summed E-state index contributed by atoms with van der Waals surface area (Å²) in [6.07, 6.45) is 5.80. The number of rotatable bonds is 6. The molecule has 22 heavy (non-hydrogen) atoms. The van der Waals surface area contributed by atoms with Crippen LogP contribution >= 0.6 is 0 Å². The summed E-state index contributed by atoms with van der Waals surface area (Å²) in [5, 5.41) is 16.8. The maximum atomic E-state index is 11.8. The minimum atomic E-state index is -0.589. The van der Waals surface area contributed by atoms with Crippen molar-refractivity contribution >= 4 is 5.91 Å². The Morgan fingerprint density at radius 3 is 2.59 bits per heavy atom. The molecule has 2 saturated carbocycles. The predicted molar refractivity (Wildman–Crippen MR) is 79.4 cm³/mol. The fraction of sp³-hybridized carbons (Fsp3) is 0.938. The normalized spacial score (nSPS) is 41.2. The van der Waals surface area contributed by atoms with Crippen LogP contribution in [-0.2, 0) is 14.3 Å². The van der Waals surface area contributed by atoms with E-state index in [-0.39, 0.29) is 30.3 Å². The van der Waals surface area contributed by atoms with Gasteiger partial charge in [0.05, 0.1) is 24.7 Å². The van der Waals surface area contributed by atoms with E-state index in [2.05, 4.69) is 10.6 Å². The number of amides is 1. The summed E-state index contributed by atoms with van der Waals surface area (Å²) in [4.78, 5) is 11.8. The molecule has 1 amide bonds. The molecule has 0 unspecified atom stereocenters. The van der Waals surface area contributed by atoms with Gasteiger partial charge in [0.1, 0.15) is 12.2 Å². The molecule has 2 saturated heterocycles. The maximum Gasteiger partial charge on any atom is 0.222 e. The van der Waals surface area contributed by atoms with E-state index in [9.17, 15) is 9.90 Å². The van der Waals surface area contributed by atoms with Crippen molar-refractivity contribution in [2.24, 2.45) is 0 Å². The van der Waals surface area contributed by atoms with E-state index < -0.39 is 6.10 Å². The van der Waals surface area contributed by atoms with Gasteiger partial charge < -0.3 is 25.2 Å². The topological polar surface area (TPSA) is 79.8 Å². The highest BCUT2D eigenvalue weighted by Crippen LogP contribution is 2.35. The summed E-state index contributed by atoms with van der Waals surface area (Å²) in [6.45, 7) is 0.690. The van der Waals surface area contributed by atoms with Gasteiger partial charge in [-0.1, -0.05) is 6.42 Å². The molecule has 2 aliphatic carbocycles. The van der Waals surface area contributed by atoms with Crippen molar-refractivity contribution in [1.29, 1.82) is 0 Å². The molecule has 0 bridgehead atoms. The Morgan fingerprint density at radius 1 is 1.14 bits per heavy atom. The lowest BCUT2D eigenvalue weighted by molar-refractivity contribution is -0.124. The summed E-state index contributed by atoms with van der Waals surface area (Å²) >= 11 is 0. The first-order valence-electron chi connectivity index (χ1n) is 8.71. The zero-order valence-electron chi connectivity index (χ0n) is 12.9. The molecule has 0 aromatic heterocycles. The van der Waals surface area contributed by atoms with Crippen molar-refractivity contribution in [1.82, 2.24) is 10.6 Å². The maximum absolute atomic E-state index is 11.8. The quantitative estimate of drug-likeness (QED) is 0.648. The van der Waals surface area contributed by atoms with Gasteiger partial charge in [0.2, 0.25) is 5.91 Å². The lowest BCUT2D eigenvalue weighted by Crippen LogP contribution is -2.44. The summed E-state index contributed by atoms with van der Waals surface area (Å²) in [5.74, 6) is 0.0603. The van der Waals surface area contributed by atoms with Crippen molar-refractivity contribution in [3.8, 4) is 0 Å². The number of hydrogen-bond acceptors (Lipinski definition) is 5. The van der Waals surface area contributed by atoms with Crippen molar-refractivity contribution in [2.45, 2.75) is 87.5 Å². The first-order chi connectivity index (χ1) is 10.7. The van der Waals surface area contributed by atoms with E-state index in [1.807, 2.05) is 0 Å². The van der Waals surface area contributed by atoms with Gasteiger partial charge in [-0.25, -0.2) is 0 Å². The molecular weight excluding hydrogens is 284 g/mol. The molecule has 3 N–H and O–H groups in total. The minimum Gasteiger partial charge on any atom is -0.388 e. The minimum absolute atomic E-state index is 0.0603. The molecular formula is C16H26N2O4. The second-order valence-corrected chi connectivity index (χ2v) is 7.24. The predicted octanol–water partition coefficient (Wildman–Crippen LogP) is 0.0830. The molecule has 2 heterocycles. The van der Waals surface area contributed by atoms with Gasteiger partial charge in [-0.15, -0.1) is 0 Å². The number of carbonyl (C=O) groups is 1. The second-order valence-electron chi connectivity index (χ2n) is 7.24. The van der Waals surface area contributed by atoms with Gasteiger partial charge in [-0.05, 0) is 25.7 Å². The Labute approximate surface area is 130 Å². The molecule has 5 atom stereocenters.